The van der Waals surface area contributed by atoms with E-state index in [9.17, 15) is 13.2 Å². The number of benzene rings is 1. The Morgan fingerprint density at radius 3 is 2.46 bits per heavy atom. The fraction of sp³-hybridized carbons (Fsp3) is 0.529. The van der Waals surface area contributed by atoms with Crippen LogP contribution in [0.5, 0.6) is 0 Å². The van der Waals surface area contributed by atoms with Crippen LogP contribution in [0.3, 0.4) is 0 Å². The smallest absolute Gasteiger partial charge is 0.311 e. The highest BCUT2D eigenvalue weighted by atomic mass is 32.2. The molecule has 1 aromatic carbocycles. The lowest BCUT2D eigenvalue weighted by Crippen LogP contribution is -2.23. The Balaban J connectivity index is 1.85. The van der Waals surface area contributed by atoms with Gasteiger partial charge in [-0.05, 0) is 62.6 Å². The first-order valence-corrected chi connectivity index (χ1v) is 10.1. The van der Waals surface area contributed by atoms with Gasteiger partial charge in [0.1, 0.15) is 0 Å². The summed E-state index contributed by atoms with van der Waals surface area (Å²) in [6, 6.07) is 8.87. The molecule has 0 N–H and O–H groups in total. The van der Waals surface area contributed by atoms with Crippen molar-refractivity contribution < 1.29 is 17.9 Å². The lowest BCUT2D eigenvalue weighted by atomic mass is 9.97. The second kappa shape index (κ2) is 8.39. The van der Waals surface area contributed by atoms with Crippen molar-refractivity contribution in [2.75, 3.05) is 12.4 Å². The summed E-state index contributed by atoms with van der Waals surface area (Å²) >= 11 is 0. The molecular weight excluding hydrogens is 356 g/mol. The number of hydrogen-bond donors (Lipinski definition) is 0. The molecule has 0 amide bonds. The van der Waals surface area contributed by atoms with Crippen LogP contribution in [0.2, 0.25) is 0 Å². The number of hydrogen-bond acceptors (Lipinski definition) is 7. The highest BCUT2D eigenvalue weighted by molar-refractivity contribution is 7.91. The number of carbonyl (C=O) groups excluding carboxylic acids is 1. The lowest BCUT2D eigenvalue weighted by Gasteiger charge is -2.16. The SMILES string of the molecule is CC(C)(C)C(=O)OCCCCCS(=O)(=O)c1nnnn1-c1ccccc1. The van der Waals surface area contributed by atoms with Crippen molar-refractivity contribution in [2.45, 2.75) is 45.2 Å². The molecule has 1 heterocycles. The molecule has 0 bridgehead atoms. The van der Waals surface area contributed by atoms with E-state index in [2.05, 4.69) is 15.5 Å². The number of unbranched alkanes of at least 4 members (excludes halogenated alkanes) is 2. The van der Waals surface area contributed by atoms with Gasteiger partial charge in [-0.3, -0.25) is 4.79 Å². The van der Waals surface area contributed by atoms with Gasteiger partial charge in [0, 0.05) is 0 Å². The minimum Gasteiger partial charge on any atom is -0.465 e. The highest BCUT2D eigenvalue weighted by Crippen LogP contribution is 2.16. The summed E-state index contributed by atoms with van der Waals surface area (Å²) in [7, 11) is -3.60. The fourth-order valence-electron chi connectivity index (χ4n) is 2.15. The Morgan fingerprint density at radius 2 is 1.81 bits per heavy atom. The number of para-hydroxylation sites is 1. The Bertz CT molecular complexity index is 826. The lowest BCUT2D eigenvalue weighted by molar-refractivity contribution is -0.153. The van der Waals surface area contributed by atoms with Crippen molar-refractivity contribution in [3.05, 3.63) is 30.3 Å². The van der Waals surface area contributed by atoms with Crippen LogP contribution in [-0.4, -0.2) is 47.0 Å². The van der Waals surface area contributed by atoms with Gasteiger partial charge in [-0.25, -0.2) is 8.42 Å². The molecule has 0 fully saturated rings. The first-order valence-electron chi connectivity index (χ1n) is 8.45. The number of nitrogens with zero attached hydrogens (tertiary/aromatic N) is 4. The standard InChI is InChI=1S/C17H24N4O4S/c1-17(2,3)15(22)25-12-8-5-9-13-26(23,24)16-18-19-20-21(16)14-10-6-4-7-11-14/h4,6-7,10-11H,5,8-9,12-13H2,1-3H3. The topological polar surface area (TPSA) is 104 Å². The van der Waals surface area contributed by atoms with E-state index >= 15 is 0 Å². The summed E-state index contributed by atoms with van der Waals surface area (Å²) in [6.45, 7) is 5.66. The number of rotatable bonds is 8. The molecule has 142 valence electrons. The number of ether oxygens (including phenoxy) is 1. The van der Waals surface area contributed by atoms with Gasteiger partial charge in [0.15, 0.2) is 0 Å². The molecule has 9 heteroatoms. The number of tetrazole rings is 1. The van der Waals surface area contributed by atoms with Gasteiger partial charge >= 0.3 is 5.97 Å². The van der Waals surface area contributed by atoms with Crippen LogP contribution in [0.25, 0.3) is 5.69 Å². The zero-order chi connectivity index (χ0) is 19.2. The maximum absolute atomic E-state index is 12.5. The van der Waals surface area contributed by atoms with Crippen molar-refractivity contribution in [3.8, 4) is 5.69 Å². The van der Waals surface area contributed by atoms with E-state index in [1.807, 2.05) is 6.07 Å². The highest BCUT2D eigenvalue weighted by Gasteiger charge is 2.24. The van der Waals surface area contributed by atoms with Crippen LogP contribution in [0, 0.1) is 5.41 Å². The van der Waals surface area contributed by atoms with Crippen molar-refractivity contribution in [1.29, 1.82) is 0 Å². The Hall–Kier alpha value is -2.29. The minimum atomic E-state index is -3.60. The van der Waals surface area contributed by atoms with E-state index in [1.165, 1.54) is 4.68 Å². The van der Waals surface area contributed by atoms with Gasteiger partial charge in [0.25, 0.3) is 5.16 Å². The molecule has 26 heavy (non-hydrogen) atoms. The normalized spacial score (nSPS) is 12.1. The van der Waals surface area contributed by atoms with Gasteiger partial charge in [-0.1, -0.05) is 23.3 Å². The quantitative estimate of drug-likeness (QED) is 0.511. The Morgan fingerprint density at radius 1 is 1.12 bits per heavy atom. The van der Waals surface area contributed by atoms with Crippen molar-refractivity contribution in [2.24, 2.45) is 5.41 Å². The number of esters is 1. The molecule has 2 aromatic rings. The number of aromatic nitrogens is 4. The summed E-state index contributed by atoms with van der Waals surface area (Å²) in [4.78, 5) is 11.6. The van der Waals surface area contributed by atoms with E-state index in [0.717, 1.165) is 0 Å². The maximum atomic E-state index is 12.5. The van der Waals surface area contributed by atoms with Crippen LogP contribution < -0.4 is 0 Å². The molecule has 0 aliphatic heterocycles. The average Bonchev–Trinajstić information content (AvgIpc) is 3.08. The first-order chi connectivity index (χ1) is 12.2. The van der Waals surface area contributed by atoms with Gasteiger partial charge in [0.2, 0.25) is 9.84 Å². The van der Waals surface area contributed by atoms with Crippen LogP contribution in [-0.2, 0) is 19.4 Å². The van der Waals surface area contributed by atoms with Crippen LogP contribution in [0.1, 0.15) is 40.0 Å². The molecule has 0 saturated carbocycles. The molecule has 2 rings (SSSR count). The number of sulfone groups is 1. The summed E-state index contributed by atoms with van der Waals surface area (Å²) in [5.41, 5.74) is 0.0582. The zero-order valence-electron chi connectivity index (χ0n) is 15.3. The molecule has 0 saturated heterocycles. The summed E-state index contributed by atoms with van der Waals surface area (Å²) < 4.78 is 31.4. The van der Waals surface area contributed by atoms with E-state index in [0.29, 0.717) is 24.9 Å². The molecule has 0 atom stereocenters. The first kappa shape index (κ1) is 20.0. The second-order valence-corrected chi connectivity index (χ2v) is 8.98. The molecular formula is C17H24N4O4S. The predicted octanol–water partition coefficient (Wildman–Crippen LogP) is 2.20. The van der Waals surface area contributed by atoms with Gasteiger partial charge in [-0.2, -0.15) is 4.68 Å². The van der Waals surface area contributed by atoms with E-state index in [-0.39, 0.29) is 23.5 Å². The molecule has 1 aromatic heterocycles. The monoisotopic (exact) mass is 380 g/mol. The fourth-order valence-corrected chi connectivity index (χ4v) is 3.48. The maximum Gasteiger partial charge on any atom is 0.311 e. The molecule has 0 aliphatic rings. The second-order valence-electron chi connectivity index (χ2n) is 6.97. The summed E-state index contributed by atoms with van der Waals surface area (Å²) in [6.07, 6.45) is 1.68. The third kappa shape index (κ3) is 5.35. The molecule has 8 nitrogen and oxygen atoms in total. The van der Waals surface area contributed by atoms with Crippen LogP contribution in [0.15, 0.2) is 35.5 Å². The van der Waals surface area contributed by atoms with E-state index in [1.54, 1.807) is 45.0 Å². The predicted molar refractivity (Wildman–Crippen MR) is 95.5 cm³/mol. The zero-order valence-corrected chi connectivity index (χ0v) is 16.1. The van der Waals surface area contributed by atoms with E-state index in [4.69, 9.17) is 4.74 Å². The van der Waals surface area contributed by atoms with Gasteiger partial charge in [0.05, 0.1) is 23.5 Å². The van der Waals surface area contributed by atoms with Gasteiger partial charge in [-0.15, -0.1) is 0 Å². The third-order valence-corrected chi connectivity index (χ3v) is 5.26. The van der Waals surface area contributed by atoms with Gasteiger partial charge < -0.3 is 4.74 Å². The summed E-state index contributed by atoms with van der Waals surface area (Å²) in [5, 5.41) is 10.8. The third-order valence-electron chi connectivity index (χ3n) is 3.62. The van der Waals surface area contributed by atoms with Crippen molar-refractivity contribution in [3.63, 3.8) is 0 Å². The van der Waals surface area contributed by atoms with Crippen LogP contribution in [0.4, 0.5) is 0 Å². The molecule has 0 unspecified atom stereocenters. The summed E-state index contributed by atoms with van der Waals surface area (Å²) in [5.74, 6) is -0.319. The Labute approximate surface area is 153 Å². The average molecular weight is 380 g/mol. The number of carbonyl (C=O) groups is 1. The molecule has 0 spiro atoms. The Kier molecular flexibility index (Phi) is 6.47. The molecule has 0 aliphatic carbocycles. The van der Waals surface area contributed by atoms with Crippen LogP contribution >= 0.6 is 0 Å². The van der Waals surface area contributed by atoms with Crippen molar-refractivity contribution >= 4 is 15.8 Å². The largest absolute Gasteiger partial charge is 0.465 e. The molecule has 0 radical (unpaired) electrons. The minimum absolute atomic E-state index is 0.0621. The van der Waals surface area contributed by atoms with E-state index < -0.39 is 15.3 Å². The van der Waals surface area contributed by atoms with Crippen molar-refractivity contribution in [1.82, 2.24) is 20.2 Å².